The Hall–Kier alpha value is -6.15. The van der Waals surface area contributed by atoms with Crippen molar-refractivity contribution in [2.75, 3.05) is 46.4 Å². The van der Waals surface area contributed by atoms with Gasteiger partial charge in [0.2, 0.25) is 0 Å². The predicted octanol–water partition coefficient (Wildman–Crippen LogP) is 30.0. The molecule has 10 nitrogen and oxygen atoms in total. The number of aromatic nitrogens is 5. The number of furan rings is 1. The molecule has 9 heterocycles. The summed E-state index contributed by atoms with van der Waals surface area (Å²) >= 11 is 3.52. The Labute approximate surface area is 650 Å². The van der Waals surface area contributed by atoms with Gasteiger partial charge in [-0.05, 0) is 189 Å². The van der Waals surface area contributed by atoms with Crippen molar-refractivity contribution in [3.63, 3.8) is 0 Å². The van der Waals surface area contributed by atoms with E-state index in [1.165, 1.54) is 91.6 Å². The second kappa shape index (κ2) is 120. The van der Waals surface area contributed by atoms with E-state index >= 15 is 0 Å². The second-order valence-corrected chi connectivity index (χ2v) is 21.6. The van der Waals surface area contributed by atoms with E-state index in [4.69, 9.17) is 9.15 Å². The number of likely N-dealkylation sites (N-methyl/N-ethyl adjacent to an activating group) is 1. The highest BCUT2D eigenvalue weighted by molar-refractivity contribution is 7.09. The lowest BCUT2D eigenvalue weighted by molar-refractivity contribution is 0.0503. The van der Waals surface area contributed by atoms with Gasteiger partial charge >= 0.3 is 0 Å². The lowest BCUT2D eigenvalue weighted by atomic mass is 9.91. The maximum atomic E-state index is 5.10. The molecule has 0 radical (unpaired) electrons. The molecule has 12 rings (SSSR count). The van der Waals surface area contributed by atoms with Gasteiger partial charge in [-0.3, -0.25) is 9.97 Å². The van der Waals surface area contributed by atoms with Crippen LogP contribution in [0.1, 0.15) is 283 Å². The van der Waals surface area contributed by atoms with E-state index in [0.717, 1.165) is 61.0 Å². The largest absolute Gasteiger partial charge is 0.470 e. The van der Waals surface area contributed by atoms with Gasteiger partial charge in [0.1, 0.15) is 17.8 Å². The minimum atomic E-state index is 0.822. The second-order valence-electron chi connectivity index (χ2n) is 19.6. The molecular weight excluding hydrogens is 1300 g/mol. The number of piperidine rings is 1. The summed E-state index contributed by atoms with van der Waals surface area (Å²) in [6.45, 7) is 77.3. The van der Waals surface area contributed by atoms with Crippen LogP contribution in [0.15, 0.2) is 196 Å². The number of rotatable bonds is 0. The van der Waals surface area contributed by atoms with Crippen LogP contribution in [0.4, 0.5) is 0 Å². The average Bonchev–Trinajstić information content (AvgIpc) is 4.71. The van der Waals surface area contributed by atoms with E-state index in [9.17, 15) is 0 Å². The maximum absolute atomic E-state index is 5.10. The van der Waals surface area contributed by atoms with E-state index in [1.54, 1.807) is 72.3 Å². The monoisotopic (exact) mass is 1470 g/mol. The van der Waals surface area contributed by atoms with Gasteiger partial charge in [-0.15, -0.1) is 11.3 Å². The van der Waals surface area contributed by atoms with Crippen LogP contribution in [0.25, 0.3) is 0 Å². The number of pyridine rings is 2. The number of thiophene rings is 2. The van der Waals surface area contributed by atoms with Gasteiger partial charge in [0, 0.05) is 60.2 Å². The summed E-state index contributed by atoms with van der Waals surface area (Å²) in [4.78, 5) is 19.3. The summed E-state index contributed by atoms with van der Waals surface area (Å²) in [5, 5.41) is 13.0. The summed E-state index contributed by atoms with van der Waals surface area (Å²) in [6.07, 6.45) is 31.5. The zero-order chi connectivity index (χ0) is 81.8. The van der Waals surface area contributed by atoms with Gasteiger partial charge in [-0.1, -0.05) is 295 Å². The molecule has 0 amide bonds. The third kappa shape index (κ3) is 117. The summed E-state index contributed by atoms with van der Waals surface area (Å²) in [5.74, 6) is 3.80. The first-order valence-corrected chi connectivity index (χ1v) is 41.7. The van der Waals surface area contributed by atoms with Gasteiger partial charge in [0.15, 0.2) is 0 Å². The Morgan fingerprint density at radius 3 is 1.17 bits per heavy atom. The van der Waals surface area contributed by atoms with Crippen LogP contribution >= 0.6 is 22.7 Å². The van der Waals surface area contributed by atoms with Crippen molar-refractivity contribution in [1.82, 2.24) is 35.3 Å². The number of nitrogens with zero attached hydrogens (tertiary/aromatic N) is 6. The Bertz CT molecular complexity index is 2160. The highest BCUT2D eigenvalue weighted by Crippen LogP contribution is 2.22. The van der Waals surface area contributed by atoms with Crippen LogP contribution in [0, 0.1) is 67.2 Å². The van der Waals surface area contributed by atoms with Crippen molar-refractivity contribution in [3.05, 3.63) is 231 Å². The van der Waals surface area contributed by atoms with Crippen LogP contribution in [0.5, 0.6) is 0 Å². The predicted molar refractivity (Wildman–Crippen MR) is 474 cm³/mol. The number of benzene rings is 1. The van der Waals surface area contributed by atoms with Crippen molar-refractivity contribution in [3.8, 4) is 0 Å². The summed E-state index contributed by atoms with van der Waals surface area (Å²) in [6, 6.07) is 31.9. The van der Waals surface area contributed by atoms with Crippen molar-refractivity contribution in [1.29, 1.82) is 0 Å². The Kier molecular flexibility index (Phi) is 144. The molecule has 598 valence electrons. The molecule has 103 heavy (non-hydrogen) atoms. The first kappa shape index (κ1) is 124. The molecule has 12 heteroatoms. The number of allylic oxidation sites excluding steroid dienone is 4. The lowest BCUT2D eigenvalue weighted by Gasteiger charge is -2.21. The minimum absolute atomic E-state index is 0.822. The van der Waals surface area contributed by atoms with E-state index < -0.39 is 0 Å². The van der Waals surface area contributed by atoms with Gasteiger partial charge in [0.05, 0.1) is 25.7 Å². The highest BCUT2D eigenvalue weighted by atomic mass is 32.1. The standard InChI is InChI=1S/C7H14.C7H8.C6H13N.2C6H7N.C6H8.C5H6N2.C5H11NO.C5H6O.2C5H6S.C4H5NO.12C2H6/c2*1-7-5-3-2-4-6-7;1-6-2-4-7-5-3-6;1-6-3-2-4-7-5-6;1-6-4-2-3-5-7-6;1-6-4-2-3-5-6;1-5-6-3-2-4-7-5;1-6-2-4-7-5-3-6;1-5-3-2-4-6-5;1-5-2-3-6-4-5;1-5-3-2-4-6-5;1-4-2-5-6-3-4;12*1-2/h7H,2-6H2,1H3;2-6H,1H3;6-7H,2-5H2,1H3;2*2-5H,1H3;2-4H,5H2,1H3;2-4H,1H3;2-5H2,1H3;3*2-4H,1H3;2-3H,1H3;12*1-2H3. The fourth-order valence-corrected chi connectivity index (χ4v) is 7.79. The average molecular weight is 1470 g/mol. The van der Waals surface area contributed by atoms with Gasteiger partial charge in [-0.25, -0.2) is 9.97 Å². The van der Waals surface area contributed by atoms with Crippen molar-refractivity contribution < 1.29 is 13.7 Å². The molecular formula is C91H169N7O3S2. The van der Waals surface area contributed by atoms with E-state index in [-0.39, 0.29) is 0 Å². The number of aryl methyl sites for hydroxylation is 8. The first-order chi connectivity index (χ1) is 50.2. The summed E-state index contributed by atoms with van der Waals surface area (Å²) in [7, 11) is 2.11. The molecule has 1 N–H and O–H groups in total. The van der Waals surface area contributed by atoms with E-state index in [0.29, 0.717) is 0 Å². The molecule has 8 aromatic rings. The van der Waals surface area contributed by atoms with Crippen molar-refractivity contribution in [2.24, 2.45) is 11.8 Å². The molecule has 1 aromatic carbocycles. The number of hydrogen-bond donors (Lipinski definition) is 1. The van der Waals surface area contributed by atoms with Crippen LogP contribution in [0.3, 0.4) is 0 Å². The number of hydrogen-bond acceptors (Lipinski definition) is 12. The quantitative estimate of drug-likeness (QED) is 0.157. The molecule has 2 aliphatic carbocycles. The third-order valence-corrected chi connectivity index (χ3v) is 13.1. The topological polar surface area (TPSA) is 115 Å². The molecule has 3 fully saturated rings. The fraction of sp³-hybridized carbons (Fsp3) is 0.571. The third-order valence-electron chi connectivity index (χ3n) is 11.5. The Morgan fingerprint density at radius 1 is 0.466 bits per heavy atom. The molecule has 2 aliphatic heterocycles. The molecule has 4 aliphatic rings. The summed E-state index contributed by atoms with van der Waals surface area (Å²) < 4.78 is 14.4. The molecule has 7 aromatic heterocycles. The molecule has 0 unspecified atom stereocenters. The Balaban J connectivity index is -0.0000000854. The molecule has 1 saturated carbocycles. The molecule has 0 atom stereocenters. The SMILES string of the molecule is CC.CC.CC.CC.CC.CC.CC.CC.CC.CC.CC.CC.CC1=CC=CC1.CC1CCCCC1.CC1CCNCC1.CN1CCOCC1.Cc1ccccc1.Cc1ccccn1.Cc1cccnc1.Cc1ccco1.Cc1cccs1.Cc1ccsc1.Cc1cnoc1.Cc1ncccn1. The highest BCUT2D eigenvalue weighted by Gasteiger charge is 2.06. The number of morpholine rings is 1. The lowest BCUT2D eigenvalue weighted by Crippen LogP contribution is -2.32. The Morgan fingerprint density at radius 2 is 0.981 bits per heavy atom. The van der Waals surface area contributed by atoms with Gasteiger partial charge in [-0.2, -0.15) is 11.3 Å². The summed E-state index contributed by atoms with van der Waals surface area (Å²) in [5.41, 5.74) is 7.50. The molecule has 2 saturated heterocycles. The smallest absolute Gasteiger partial charge is 0.126 e. The van der Waals surface area contributed by atoms with Crippen LogP contribution in [-0.2, 0) is 4.74 Å². The number of ether oxygens (including phenoxy) is 1. The van der Waals surface area contributed by atoms with E-state index in [2.05, 4.69) is 153 Å². The fourth-order valence-electron chi connectivity index (χ4n) is 6.60. The normalized spacial score (nSPS) is 11.4. The van der Waals surface area contributed by atoms with Gasteiger partial charge in [0.25, 0.3) is 0 Å². The van der Waals surface area contributed by atoms with Crippen LogP contribution < -0.4 is 5.32 Å². The zero-order valence-electron chi connectivity index (χ0n) is 74.1. The zero-order valence-corrected chi connectivity index (χ0v) is 75.7. The van der Waals surface area contributed by atoms with Crippen molar-refractivity contribution >= 4 is 22.7 Å². The maximum Gasteiger partial charge on any atom is 0.126 e. The van der Waals surface area contributed by atoms with Crippen LogP contribution in [0.2, 0.25) is 0 Å². The molecule has 0 bridgehead atoms. The van der Waals surface area contributed by atoms with E-state index in [1.807, 2.05) is 268 Å². The van der Waals surface area contributed by atoms with Crippen molar-refractivity contribution in [2.45, 2.75) is 294 Å². The molecule has 0 spiro atoms. The first-order valence-electron chi connectivity index (χ1n) is 39.9. The number of nitrogens with one attached hydrogen (secondary N) is 1. The minimum Gasteiger partial charge on any atom is -0.470 e. The van der Waals surface area contributed by atoms with Gasteiger partial charge < -0.3 is 23.9 Å². The van der Waals surface area contributed by atoms with Crippen LogP contribution in [-0.4, -0.2) is 76.4 Å².